The van der Waals surface area contributed by atoms with Crippen LogP contribution in [0.5, 0.6) is 0 Å². The topological polar surface area (TPSA) is 3.24 Å². The minimum absolute atomic E-state index is 0.893. The summed E-state index contributed by atoms with van der Waals surface area (Å²) in [5.74, 6) is 4.74. The predicted molar refractivity (Wildman–Crippen MR) is 152 cm³/mol. The molecule has 5 aliphatic rings. The largest absolute Gasteiger partial charge is 0.294 e. The Morgan fingerprint density at radius 1 is 0.457 bits per heavy atom. The molecule has 0 saturated heterocycles. The van der Waals surface area contributed by atoms with Crippen molar-refractivity contribution in [2.45, 2.75) is 173 Å². The van der Waals surface area contributed by atoms with E-state index in [2.05, 4.69) is 24.8 Å². The van der Waals surface area contributed by atoms with Crippen molar-refractivity contribution in [1.82, 2.24) is 4.90 Å². The fraction of sp³-hybridized carbons (Fsp3) is 0.941. The van der Waals surface area contributed by atoms with Crippen LogP contribution in [0.15, 0.2) is 11.6 Å². The molecule has 35 heavy (non-hydrogen) atoms. The molecule has 0 bridgehead atoms. The summed E-state index contributed by atoms with van der Waals surface area (Å²) in [6.07, 6.45) is 35.7. The molecule has 1 nitrogen and oxygen atoms in total. The van der Waals surface area contributed by atoms with Gasteiger partial charge in [-0.15, -0.1) is 0 Å². The van der Waals surface area contributed by atoms with Gasteiger partial charge in [0.2, 0.25) is 0 Å². The molecule has 0 spiro atoms. The molecule has 0 aliphatic heterocycles. The highest BCUT2D eigenvalue weighted by Gasteiger charge is 2.37. The van der Waals surface area contributed by atoms with Crippen molar-refractivity contribution in [2.75, 3.05) is 0 Å². The molecule has 200 valence electrons. The van der Waals surface area contributed by atoms with Crippen LogP contribution >= 0.6 is 0 Å². The molecule has 5 aliphatic carbocycles. The molecule has 0 amide bonds. The Morgan fingerprint density at radius 3 is 1.23 bits per heavy atom. The Balaban J connectivity index is 1.25. The monoisotopic (exact) mass is 481 g/mol. The number of nitrogens with zero attached hydrogens (tertiary/aromatic N) is 1. The van der Waals surface area contributed by atoms with Gasteiger partial charge in [0.25, 0.3) is 0 Å². The third-order valence-corrected chi connectivity index (χ3v) is 11.6. The van der Waals surface area contributed by atoms with Crippen LogP contribution in [0.3, 0.4) is 0 Å². The van der Waals surface area contributed by atoms with Gasteiger partial charge in [0.05, 0.1) is 0 Å². The lowest BCUT2D eigenvalue weighted by Gasteiger charge is -2.49. The summed E-state index contributed by atoms with van der Waals surface area (Å²) in [6, 6.07) is 2.70. The van der Waals surface area contributed by atoms with E-state index in [1.807, 2.05) is 5.57 Å². The SMILES string of the molecule is CC1CCC(N(C2CCC(C)CC2)C2CCC(C=C(C3CCCCC3)C3CCCCC3)CC2)CC1. The van der Waals surface area contributed by atoms with E-state index in [1.54, 1.807) is 0 Å². The van der Waals surface area contributed by atoms with Crippen LogP contribution < -0.4 is 0 Å². The van der Waals surface area contributed by atoms with Gasteiger partial charge in [-0.2, -0.15) is 0 Å². The number of hydrogen-bond acceptors (Lipinski definition) is 1. The van der Waals surface area contributed by atoms with Gasteiger partial charge in [-0.05, 0) is 132 Å². The predicted octanol–water partition coefficient (Wildman–Crippen LogP) is 10.1. The van der Waals surface area contributed by atoms with Gasteiger partial charge in [-0.3, -0.25) is 4.90 Å². The summed E-state index contributed by atoms with van der Waals surface area (Å²) in [7, 11) is 0. The molecule has 0 heterocycles. The Hall–Kier alpha value is -0.300. The summed E-state index contributed by atoms with van der Waals surface area (Å²) in [5.41, 5.74) is 1.98. The lowest BCUT2D eigenvalue weighted by molar-refractivity contribution is 0.00806. The first kappa shape index (κ1) is 26.3. The Bertz CT molecular complexity index is 588. The summed E-state index contributed by atoms with van der Waals surface area (Å²) in [4.78, 5) is 3.18. The van der Waals surface area contributed by atoms with Gasteiger partial charge in [-0.1, -0.05) is 64.0 Å². The zero-order valence-corrected chi connectivity index (χ0v) is 23.7. The Labute approximate surface area is 219 Å². The van der Waals surface area contributed by atoms with Crippen molar-refractivity contribution in [1.29, 1.82) is 0 Å². The summed E-state index contributed by atoms with van der Waals surface area (Å²) >= 11 is 0. The number of rotatable bonds is 6. The highest BCUT2D eigenvalue weighted by atomic mass is 15.2. The molecule has 0 radical (unpaired) electrons. The maximum atomic E-state index is 3.18. The maximum Gasteiger partial charge on any atom is 0.0102 e. The van der Waals surface area contributed by atoms with Crippen molar-refractivity contribution in [3.63, 3.8) is 0 Å². The number of allylic oxidation sites excluding steroid dienone is 2. The van der Waals surface area contributed by atoms with Gasteiger partial charge in [0.1, 0.15) is 0 Å². The number of hydrogen-bond donors (Lipinski definition) is 0. The van der Waals surface area contributed by atoms with Crippen LogP contribution in [0.2, 0.25) is 0 Å². The second-order valence-electron chi connectivity index (χ2n) is 14.2. The molecule has 0 N–H and O–H groups in total. The Kier molecular flexibility index (Phi) is 9.75. The van der Waals surface area contributed by atoms with E-state index in [0.29, 0.717) is 0 Å². The third kappa shape index (κ3) is 6.97. The lowest BCUT2D eigenvalue weighted by atomic mass is 9.71. The molecule has 0 aromatic carbocycles. The quantitative estimate of drug-likeness (QED) is 0.341. The highest BCUT2D eigenvalue weighted by molar-refractivity contribution is 5.15. The second kappa shape index (κ2) is 13.0. The van der Waals surface area contributed by atoms with Crippen LogP contribution in [0.1, 0.15) is 155 Å². The maximum absolute atomic E-state index is 3.18. The van der Waals surface area contributed by atoms with Gasteiger partial charge >= 0.3 is 0 Å². The van der Waals surface area contributed by atoms with E-state index in [0.717, 1.165) is 47.7 Å². The second-order valence-corrected chi connectivity index (χ2v) is 14.2. The molecular formula is C34H59N. The van der Waals surface area contributed by atoms with E-state index in [4.69, 9.17) is 0 Å². The molecule has 1 heteroatoms. The molecule has 5 rings (SSSR count). The molecule has 0 atom stereocenters. The molecule has 0 aromatic heterocycles. The van der Waals surface area contributed by atoms with Crippen molar-refractivity contribution >= 4 is 0 Å². The summed E-state index contributed by atoms with van der Waals surface area (Å²) in [5, 5.41) is 0. The van der Waals surface area contributed by atoms with Crippen molar-refractivity contribution in [3.05, 3.63) is 11.6 Å². The minimum Gasteiger partial charge on any atom is -0.294 e. The van der Waals surface area contributed by atoms with Crippen molar-refractivity contribution in [2.24, 2.45) is 29.6 Å². The van der Waals surface area contributed by atoms with Crippen LogP contribution in [0.4, 0.5) is 0 Å². The molecule has 0 aromatic rings. The summed E-state index contributed by atoms with van der Waals surface area (Å²) in [6.45, 7) is 4.99. The lowest BCUT2D eigenvalue weighted by Crippen LogP contribution is -2.52. The van der Waals surface area contributed by atoms with Crippen LogP contribution in [-0.2, 0) is 0 Å². The van der Waals surface area contributed by atoms with Crippen LogP contribution in [-0.4, -0.2) is 23.0 Å². The minimum atomic E-state index is 0.893. The normalized spacial score (nSPS) is 38.4. The van der Waals surface area contributed by atoms with E-state index >= 15 is 0 Å². The molecule has 5 fully saturated rings. The Morgan fingerprint density at radius 2 is 0.829 bits per heavy atom. The van der Waals surface area contributed by atoms with Crippen LogP contribution in [0.25, 0.3) is 0 Å². The standard InChI is InChI=1S/C34H59N/c1-26-13-19-31(20-14-26)35(32-21-15-27(2)16-22-32)33-23-17-28(18-24-33)25-34(29-9-5-3-6-10-29)30-11-7-4-8-12-30/h25-33H,3-24H2,1-2H3. The molecular weight excluding hydrogens is 422 g/mol. The van der Waals surface area contributed by atoms with E-state index < -0.39 is 0 Å². The zero-order chi connectivity index (χ0) is 24.0. The zero-order valence-electron chi connectivity index (χ0n) is 23.7. The third-order valence-electron chi connectivity index (χ3n) is 11.6. The van der Waals surface area contributed by atoms with Crippen molar-refractivity contribution in [3.8, 4) is 0 Å². The fourth-order valence-electron chi connectivity index (χ4n) is 9.29. The highest BCUT2D eigenvalue weighted by Crippen LogP contribution is 2.43. The smallest absolute Gasteiger partial charge is 0.0102 e. The first-order chi connectivity index (χ1) is 17.2. The summed E-state index contributed by atoms with van der Waals surface area (Å²) < 4.78 is 0. The first-order valence-electron chi connectivity index (χ1n) is 16.7. The van der Waals surface area contributed by atoms with Gasteiger partial charge < -0.3 is 0 Å². The van der Waals surface area contributed by atoms with Crippen LogP contribution in [0, 0.1) is 29.6 Å². The van der Waals surface area contributed by atoms with E-state index in [9.17, 15) is 0 Å². The average molecular weight is 482 g/mol. The fourth-order valence-corrected chi connectivity index (χ4v) is 9.29. The van der Waals surface area contributed by atoms with Gasteiger partial charge in [0, 0.05) is 18.1 Å². The molecule has 0 unspecified atom stereocenters. The van der Waals surface area contributed by atoms with Gasteiger partial charge in [-0.25, -0.2) is 0 Å². The molecule has 5 saturated carbocycles. The van der Waals surface area contributed by atoms with Gasteiger partial charge in [0.15, 0.2) is 0 Å². The average Bonchev–Trinajstić information content (AvgIpc) is 2.91. The van der Waals surface area contributed by atoms with E-state index in [1.165, 1.54) is 141 Å². The first-order valence-corrected chi connectivity index (χ1v) is 16.7. The van der Waals surface area contributed by atoms with E-state index in [-0.39, 0.29) is 0 Å². The van der Waals surface area contributed by atoms with Crippen molar-refractivity contribution < 1.29 is 0 Å².